The Hall–Kier alpha value is -1.26. The maximum atomic E-state index is 11.7. The van der Waals surface area contributed by atoms with Crippen molar-refractivity contribution in [2.45, 2.75) is 32.2 Å². The van der Waals surface area contributed by atoms with Gasteiger partial charge < -0.3 is 10.1 Å². The largest absolute Gasteiger partial charge is 0.455 e. The molecule has 0 aromatic heterocycles. The van der Waals surface area contributed by atoms with Gasteiger partial charge in [-0.2, -0.15) is 0 Å². The molecule has 1 aromatic rings. The number of carbonyl (C=O) groups is 2. The molecule has 0 saturated heterocycles. The van der Waals surface area contributed by atoms with Crippen LogP contribution in [0.25, 0.3) is 0 Å². The number of carbonyl (C=O) groups excluding carboxylic acids is 2. The second-order valence-corrected chi connectivity index (χ2v) is 6.05. The summed E-state index contributed by atoms with van der Waals surface area (Å²) in [7, 11) is 0. The molecule has 2 rings (SSSR count). The first kappa shape index (κ1) is 16.1. The number of hydrogen-bond acceptors (Lipinski definition) is 3. The maximum absolute atomic E-state index is 11.7. The maximum Gasteiger partial charge on any atom is 0.310 e. The van der Waals surface area contributed by atoms with E-state index in [1.807, 2.05) is 6.92 Å². The quantitative estimate of drug-likeness (QED) is 0.816. The zero-order chi connectivity index (χ0) is 15.4. The van der Waals surface area contributed by atoms with E-state index in [9.17, 15) is 9.59 Å². The van der Waals surface area contributed by atoms with Crippen molar-refractivity contribution in [3.63, 3.8) is 0 Å². The van der Waals surface area contributed by atoms with Crippen molar-refractivity contribution in [1.82, 2.24) is 5.32 Å². The van der Waals surface area contributed by atoms with Gasteiger partial charge in [-0.05, 0) is 37.8 Å². The molecule has 1 N–H and O–H groups in total. The number of halogens is 2. The van der Waals surface area contributed by atoms with E-state index in [0.717, 1.165) is 12.8 Å². The van der Waals surface area contributed by atoms with E-state index >= 15 is 0 Å². The number of amides is 1. The highest BCUT2D eigenvalue weighted by Gasteiger charge is 2.29. The van der Waals surface area contributed by atoms with Gasteiger partial charge in [0, 0.05) is 21.7 Å². The van der Waals surface area contributed by atoms with Crippen molar-refractivity contribution in [2.75, 3.05) is 6.61 Å². The molecule has 0 heterocycles. The number of rotatable bonds is 6. The number of ether oxygens (including phenoxy) is 1. The summed E-state index contributed by atoms with van der Waals surface area (Å²) >= 11 is 12.0. The lowest BCUT2D eigenvalue weighted by Gasteiger charge is -2.13. The standard InChI is InChI=1S/C15H17Cl2NO3/c1-9(10-5-6-10)18-14(19)8-21-15(20)7-11-12(16)3-2-4-13(11)17/h2-4,9-10H,5-8H2,1H3,(H,18,19)/t9-/m1/s1. The molecule has 1 saturated carbocycles. The van der Waals surface area contributed by atoms with Crippen molar-refractivity contribution >= 4 is 35.1 Å². The molecule has 1 aromatic carbocycles. The lowest BCUT2D eigenvalue weighted by molar-refractivity contribution is -0.148. The Morgan fingerprint density at radius 2 is 1.95 bits per heavy atom. The normalized spacial score (nSPS) is 15.4. The first-order valence-electron chi connectivity index (χ1n) is 6.85. The van der Waals surface area contributed by atoms with Crippen molar-refractivity contribution in [3.05, 3.63) is 33.8 Å². The minimum atomic E-state index is -0.528. The van der Waals surface area contributed by atoms with Crippen molar-refractivity contribution in [1.29, 1.82) is 0 Å². The predicted molar refractivity (Wildman–Crippen MR) is 81.5 cm³/mol. The summed E-state index contributed by atoms with van der Waals surface area (Å²) in [5.74, 6) is -0.251. The van der Waals surface area contributed by atoms with Crippen LogP contribution in [0.3, 0.4) is 0 Å². The van der Waals surface area contributed by atoms with Crippen molar-refractivity contribution < 1.29 is 14.3 Å². The summed E-state index contributed by atoms with van der Waals surface area (Å²) in [6.45, 7) is 1.68. The number of benzene rings is 1. The average Bonchev–Trinajstić information content (AvgIpc) is 3.25. The van der Waals surface area contributed by atoms with Crippen LogP contribution in [-0.4, -0.2) is 24.5 Å². The van der Waals surface area contributed by atoms with Crippen LogP contribution in [0.4, 0.5) is 0 Å². The van der Waals surface area contributed by atoms with Crippen LogP contribution >= 0.6 is 23.2 Å². The van der Waals surface area contributed by atoms with Crippen LogP contribution in [-0.2, 0) is 20.7 Å². The molecule has 0 radical (unpaired) electrons. The molecule has 1 aliphatic rings. The van der Waals surface area contributed by atoms with E-state index in [0.29, 0.717) is 21.5 Å². The SMILES string of the molecule is C[C@@H](NC(=O)COC(=O)Cc1c(Cl)cccc1Cl)C1CC1. The number of hydrogen-bond donors (Lipinski definition) is 1. The molecule has 114 valence electrons. The lowest BCUT2D eigenvalue weighted by atomic mass is 10.1. The van der Waals surface area contributed by atoms with E-state index < -0.39 is 5.97 Å². The van der Waals surface area contributed by atoms with Gasteiger partial charge in [0.2, 0.25) is 0 Å². The fourth-order valence-electron chi connectivity index (χ4n) is 2.05. The van der Waals surface area contributed by atoms with Gasteiger partial charge in [0.25, 0.3) is 5.91 Å². The Morgan fingerprint density at radius 1 is 1.33 bits per heavy atom. The van der Waals surface area contributed by atoms with Gasteiger partial charge >= 0.3 is 5.97 Å². The van der Waals surface area contributed by atoms with Gasteiger partial charge in [-0.3, -0.25) is 9.59 Å². The van der Waals surface area contributed by atoms with Gasteiger partial charge in [-0.1, -0.05) is 29.3 Å². The summed E-state index contributed by atoms with van der Waals surface area (Å²) in [4.78, 5) is 23.4. The molecule has 1 atom stereocenters. The molecular formula is C15H17Cl2NO3. The van der Waals surface area contributed by atoms with Crippen molar-refractivity contribution in [2.24, 2.45) is 5.92 Å². The van der Waals surface area contributed by atoms with E-state index in [1.54, 1.807) is 18.2 Å². The van der Waals surface area contributed by atoms with Crippen LogP contribution < -0.4 is 5.32 Å². The summed E-state index contributed by atoms with van der Waals surface area (Å²) < 4.78 is 4.95. The Labute approximate surface area is 133 Å². The Bertz CT molecular complexity index is 523. The number of esters is 1. The molecule has 21 heavy (non-hydrogen) atoms. The molecule has 1 amide bonds. The van der Waals surface area contributed by atoms with E-state index in [4.69, 9.17) is 27.9 Å². The van der Waals surface area contributed by atoms with Gasteiger partial charge in [0.15, 0.2) is 6.61 Å². The fourth-order valence-corrected chi connectivity index (χ4v) is 2.58. The molecule has 6 heteroatoms. The second-order valence-electron chi connectivity index (χ2n) is 5.23. The van der Waals surface area contributed by atoms with Crippen molar-refractivity contribution in [3.8, 4) is 0 Å². The first-order chi connectivity index (χ1) is 9.97. The highest BCUT2D eigenvalue weighted by Crippen LogP contribution is 2.32. The zero-order valence-electron chi connectivity index (χ0n) is 11.7. The zero-order valence-corrected chi connectivity index (χ0v) is 13.2. The second kappa shape index (κ2) is 7.14. The van der Waals surface area contributed by atoms with Crippen LogP contribution in [0.2, 0.25) is 10.0 Å². The van der Waals surface area contributed by atoms with Gasteiger partial charge in [-0.25, -0.2) is 0 Å². The van der Waals surface area contributed by atoms with Gasteiger partial charge in [0.1, 0.15) is 0 Å². The Balaban J connectivity index is 1.78. The summed E-state index contributed by atoms with van der Waals surface area (Å²) in [5, 5.41) is 3.63. The minimum absolute atomic E-state index is 0.0516. The topological polar surface area (TPSA) is 55.4 Å². The molecule has 1 aliphatic carbocycles. The van der Waals surface area contributed by atoms with Gasteiger partial charge in [0.05, 0.1) is 6.42 Å². The molecule has 0 spiro atoms. The first-order valence-corrected chi connectivity index (χ1v) is 7.61. The smallest absolute Gasteiger partial charge is 0.310 e. The lowest BCUT2D eigenvalue weighted by Crippen LogP contribution is -2.37. The molecule has 0 unspecified atom stereocenters. The molecule has 0 bridgehead atoms. The highest BCUT2D eigenvalue weighted by atomic mass is 35.5. The van der Waals surface area contributed by atoms with Crippen LogP contribution in [0.5, 0.6) is 0 Å². The monoisotopic (exact) mass is 329 g/mol. The van der Waals surface area contributed by atoms with E-state index in [-0.39, 0.29) is 25.0 Å². The Kier molecular flexibility index (Phi) is 5.48. The van der Waals surface area contributed by atoms with E-state index in [2.05, 4.69) is 5.32 Å². The molecule has 0 aliphatic heterocycles. The molecular weight excluding hydrogens is 313 g/mol. The van der Waals surface area contributed by atoms with E-state index in [1.165, 1.54) is 0 Å². The van der Waals surface area contributed by atoms with Gasteiger partial charge in [-0.15, -0.1) is 0 Å². The fraction of sp³-hybridized carbons (Fsp3) is 0.467. The van der Waals surface area contributed by atoms with Crippen LogP contribution in [0.15, 0.2) is 18.2 Å². The highest BCUT2D eigenvalue weighted by molar-refractivity contribution is 6.36. The minimum Gasteiger partial charge on any atom is -0.455 e. The summed E-state index contributed by atoms with van der Waals surface area (Å²) in [6.07, 6.45) is 2.24. The summed E-state index contributed by atoms with van der Waals surface area (Å²) in [6, 6.07) is 5.14. The number of nitrogens with one attached hydrogen (secondary N) is 1. The Morgan fingerprint density at radius 3 is 2.52 bits per heavy atom. The third-order valence-electron chi connectivity index (χ3n) is 3.46. The predicted octanol–water partition coefficient (Wildman–Crippen LogP) is 2.99. The molecule has 4 nitrogen and oxygen atoms in total. The third-order valence-corrected chi connectivity index (χ3v) is 4.17. The van der Waals surface area contributed by atoms with Crippen LogP contribution in [0.1, 0.15) is 25.3 Å². The van der Waals surface area contributed by atoms with Crippen LogP contribution in [0, 0.1) is 5.92 Å². The average molecular weight is 330 g/mol. The molecule has 1 fully saturated rings. The summed E-state index contributed by atoms with van der Waals surface area (Å²) in [5.41, 5.74) is 0.512. The third kappa shape index (κ3) is 4.90.